The van der Waals surface area contributed by atoms with Crippen molar-refractivity contribution in [3.05, 3.63) is 76.9 Å². The normalized spacial score (nSPS) is 11.2. The van der Waals surface area contributed by atoms with Crippen LogP contribution >= 0.6 is 11.6 Å². The Labute approximate surface area is 187 Å². The molecule has 32 heavy (non-hydrogen) atoms. The Morgan fingerprint density at radius 3 is 2.62 bits per heavy atom. The molecule has 10 nitrogen and oxygen atoms in total. The van der Waals surface area contributed by atoms with Gasteiger partial charge < -0.3 is 4.74 Å². The fourth-order valence-corrected chi connectivity index (χ4v) is 4.53. The Kier molecular flexibility index (Phi) is 5.48. The minimum atomic E-state index is -4.34. The summed E-state index contributed by atoms with van der Waals surface area (Å²) in [5.41, 5.74) is 0.570. The van der Waals surface area contributed by atoms with Gasteiger partial charge in [0.05, 0.1) is 28.8 Å². The molecule has 0 bridgehead atoms. The van der Waals surface area contributed by atoms with Crippen LogP contribution in [0.15, 0.2) is 65.7 Å². The van der Waals surface area contributed by atoms with Gasteiger partial charge in [0.1, 0.15) is 11.6 Å². The first kappa shape index (κ1) is 21.2. The minimum absolute atomic E-state index is 0.0533. The average Bonchev–Trinajstić information content (AvgIpc) is 3.23. The van der Waals surface area contributed by atoms with E-state index in [2.05, 4.69) is 20.0 Å². The number of esters is 1. The first-order valence-electron chi connectivity index (χ1n) is 8.97. The molecule has 0 radical (unpaired) electrons. The van der Waals surface area contributed by atoms with Crippen molar-refractivity contribution < 1.29 is 17.9 Å². The highest BCUT2D eigenvalue weighted by Crippen LogP contribution is 2.28. The number of benzene rings is 2. The number of nitriles is 1. The monoisotopic (exact) mass is 468 g/mol. The third-order valence-electron chi connectivity index (χ3n) is 4.47. The van der Waals surface area contributed by atoms with Crippen LogP contribution in [0.1, 0.15) is 15.9 Å². The molecule has 0 aliphatic heterocycles. The summed E-state index contributed by atoms with van der Waals surface area (Å²) in [6.07, 6.45) is 1.51. The van der Waals surface area contributed by atoms with Crippen LogP contribution in [0.4, 0.5) is 5.69 Å². The smallest absolute Gasteiger partial charge is 0.339 e. The number of carbonyl (C=O) groups is 1. The second-order valence-electron chi connectivity index (χ2n) is 6.36. The van der Waals surface area contributed by atoms with E-state index in [4.69, 9.17) is 11.6 Å². The molecule has 0 saturated carbocycles. The number of nitrogens with zero attached hydrogens (tertiary/aromatic N) is 6. The maximum atomic E-state index is 13.7. The Hall–Kier alpha value is -4.01. The standard InChI is InChI=1S/C20H13ClN6O4S/c1-31-20(28)17-9-8-16(11-13(17)12-22)32(29,30)27(15-6-4-14(21)5-7-15)26-18-3-2-10-23-19(18)24-25-26/h2-11H,1H3. The van der Waals surface area contributed by atoms with Crippen molar-refractivity contribution in [3.63, 3.8) is 0 Å². The number of ether oxygens (including phenoxy) is 1. The van der Waals surface area contributed by atoms with E-state index in [1.54, 1.807) is 12.1 Å². The Balaban J connectivity index is 1.94. The van der Waals surface area contributed by atoms with Crippen LogP contribution in [0, 0.1) is 11.3 Å². The van der Waals surface area contributed by atoms with E-state index in [0.29, 0.717) is 10.5 Å². The maximum absolute atomic E-state index is 13.7. The molecule has 160 valence electrons. The van der Waals surface area contributed by atoms with Crippen LogP contribution in [0.2, 0.25) is 5.02 Å². The SMILES string of the molecule is COC(=O)c1ccc(S(=O)(=O)N(c2ccc(Cl)cc2)n2nnc3ncccc32)cc1C#N. The molecule has 4 rings (SSSR count). The molecule has 0 saturated heterocycles. The van der Waals surface area contributed by atoms with E-state index >= 15 is 0 Å². The number of rotatable bonds is 5. The lowest BCUT2D eigenvalue weighted by atomic mass is 10.1. The molecular formula is C20H13ClN6O4S. The zero-order valence-electron chi connectivity index (χ0n) is 16.4. The van der Waals surface area contributed by atoms with Gasteiger partial charge in [0.2, 0.25) is 5.65 Å². The number of halogens is 1. The van der Waals surface area contributed by atoms with Gasteiger partial charge in [0.25, 0.3) is 10.0 Å². The van der Waals surface area contributed by atoms with Crippen molar-refractivity contribution in [2.24, 2.45) is 0 Å². The summed E-state index contributed by atoms with van der Waals surface area (Å²) in [7, 11) is -3.18. The van der Waals surface area contributed by atoms with Gasteiger partial charge in [0, 0.05) is 11.2 Å². The molecule has 0 atom stereocenters. The molecule has 0 spiro atoms. The summed E-state index contributed by atoms with van der Waals surface area (Å²) in [5, 5.41) is 17.8. The van der Waals surface area contributed by atoms with Crippen LogP contribution < -0.4 is 4.41 Å². The zero-order chi connectivity index (χ0) is 22.9. The van der Waals surface area contributed by atoms with Crippen molar-refractivity contribution in [3.8, 4) is 6.07 Å². The van der Waals surface area contributed by atoms with Crippen LogP contribution in [0.3, 0.4) is 0 Å². The Morgan fingerprint density at radius 2 is 1.94 bits per heavy atom. The van der Waals surface area contributed by atoms with E-state index in [1.165, 1.54) is 49.7 Å². The van der Waals surface area contributed by atoms with E-state index in [0.717, 1.165) is 15.3 Å². The number of sulfonamides is 1. The van der Waals surface area contributed by atoms with Crippen molar-refractivity contribution in [1.82, 2.24) is 20.1 Å². The van der Waals surface area contributed by atoms with E-state index in [1.807, 2.05) is 6.07 Å². The third kappa shape index (κ3) is 3.62. The van der Waals surface area contributed by atoms with Crippen molar-refractivity contribution in [1.29, 1.82) is 5.26 Å². The van der Waals surface area contributed by atoms with Crippen LogP contribution in [0.25, 0.3) is 11.2 Å². The predicted molar refractivity (Wildman–Crippen MR) is 114 cm³/mol. The number of aromatic nitrogens is 4. The summed E-state index contributed by atoms with van der Waals surface area (Å²) in [6, 6.07) is 14.6. The van der Waals surface area contributed by atoms with Gasteiger partial charge in [-0.25, -0.2) is 9.78 Å². The number of methoxy groups -OCH3 is 1. The lowest BCUT2D eigenvalue weighted by Gasteiger charge is -2.24. The van der Waals surface area contributed by atoms with Crippen LogP contribution in [-0.4, -0.2) is 41.6 Å². The molecule has 0 fully saturated rings. The molecule has 0 amide bonds. The summed E-state index contributed by atoms with van der Waals surface area (Å²) < 4.78 is 33.0. The minimum Gasteiger partial charge on any atom is -0.465 e. The summed E-state index contributed by atoms with van der Waals surface area (Å²) in [6.45, 7) is 0. The highest BCUT2D eigenvalue weighted by Gasteiger charge is 2.30. The lowest BCUT2D eigenvalue weighted by molar-refractivity contribution is 0.0600. The summed E-state index contributed by atoms with van der Waals surface area (Å²) >= 11 is 5.98. The average molecular weight is 469 g/mol. The molecule has 2 heterocycles. The summed E-state index contributed by atoms with van der Waals surface area (Å²) in [5.74, 6) is -0.756. The lowest BCUT2D eigenvalue weighted by Crippen LogP contribution is -2.37. The predicted octanol–water partition coefficient (Wildman–Crippen LogP) is 2.80. The molecule has 0 unspecified atom stereocenters. The Morgan fingerprint density at radius 1 is 1.19 bits per heavy atom. The number of hydrogen-bond acceptors (Lipinski definition) is 8. The van der Waals surface area contributed by atoms with E-state index in [-0.39, 0.29) is 27.4 Å². The fraction of sp³-hybridized carbons (Fsp3) is 0.0500. The first-order chi connectivity index (χ1) is 15.4. The number of hydrogen-bond donors (Lipinski definition) is 0. The van der Waals surface area contributed by atoms with Gasteiger partial charge in [0.15, 0.2) is 0 Å². The molecule has 12 heteroatoms. The number of anilines is 1. The second-order valence-corrected chi connectivity index (χ2v) is 8.56. The van der Waals surface area contributed by atoms with Gasteiger partial charge in [-0.05, 0) is 59.8 Å². The van der Waals surface area contributed by atoms with Crippen molar-refractivity contribution in [2.45, 2.75) is 4.90 Å². The topological polar surface area (TPSA) is 131 Å². The van der Waals surface area contributed by atoms with Gasteiger partial charge in [-0.15, -0.1) is 9.89 Å². The molecule has 0 N–H and O–H groups in total. The molecule has 2 aromatic carbocycles. The zero-order valence-corrected chi connectivity index (χ0v) is 17.9. The van der Waals surface area contributed by atoms with Crippen molar-refractivity contribution in [2.75, 3.05) is 11.5 Å². The first-order valence-corrected chi connectivity index (χ1v) is 10.8. The highest BCUT2D eigenvalue weighted by atomic mass is 35.5. The van der Waals surface area contributed by atoms with Gasteiger partial charge >= 0.3 is 5.97 Å². The van der Waals surface area contributed by atoms with E-state index in [9.17, 15) is 18.5 Å². The molecular weight excluding hydrogens is 456 g/mol. The van der Waals surface area contributed by atoms with Crippen LogP contribution in [-0.2, 0) is 14.8 Å². The molecule has 4 aromatic rings. The number of fused-ring (bicyclic) bond motifs is 1. The van der Waals surface area contributed by atoms with Gasteiger partial charge in [-0.3, -0.25) is 0 Å². The molecule has 2 aromatic heterocycles. The maximum Gasteiger partial charge on any atom is 0.339 e. The largest absolute Gasteiger partial charge is 0.465 e. The van der Waals surface area contributed by atoms with Gasteiger partial charge in [-0.1, -0.05) is 11.6 Å². The summed E-state index contributed by atoms with van der Waals surface area (Å²) in [4.78, 5) is 16.8. The quantitative estimate of drug-likeness (QED) is 0.408. The number of pyridine rings is 1. The molecule has 0 aliphatic carbocycles. The van der Waals surface area contributed by atoms with Crippen molar-refractivity contribution >= 4 is 44.4 Å². The van der Waals surface area contributed by atoms with Gasteiger partial charge in [-0.2, -0.15) is 18.1 Å². The second kappa shape index (κ2) is 8.26. The Bertz CT molecular complexity index is 1480. The number of carbonyl (C=O) groups excluding carboxylic acids is 1. The fourth-order valence-electron chi connectivity index (χ4n) is 2.97. The van der Waals surface area contributed by atoms with Crippen LogP contribution in [0.5, 0.6) is 0 Å². The third-order valence-corrected chi connectivity index (χ3v) is 6.39. The van der Waals surface area contributed by atoms with E-state index < -0.39 is 16.0 Å². The highest BCUT2D eigenvalue weighted by molar-refractivity contribution is 7.92. The molecule has 0 aliphatic rings.